The molecule has 1 unspecified atom stereocenters. The van der Waals surface area contributed by atoms with E-state index in [-0.39, 0.29) is 43.4 Å². The minimum atomic E-state index is -0.302. The summed E-state index contributed by atoms with van der Waals surface area (Å²) in [6, 6.07) is 0.199. The molecule has 0 spiro atoms. The van der Waals surface area contributed by atoms with Gasteiger partial charge in [0.15, 0.2) is 0 Å². The summed E-state index contributed by atoms with van der Waals surface area (Å²) in [6.07, 6.45) is 4.90. The van der Waals surface area contributed by atoms with Gasteiger partial charge in [0.1, 0.15) is 0 Å². The number of carbonyl (C=O) groups excluding carboxylic acids is 2. The van der Waals surface area contributed by atoms with Crippen molar-refractivity contribution in [2.45, 2.75) is 38.6 Å². The average Bonchev–Trinajstić information content (AvgIpc) is 2.79. The molecule has 0 aromatic heterocycles. The predicted molar refractivity (Wildman–Crippen MR) is 68.9 cm³/mol. The zero-order valence-corrected chi connectivity index (χ0v) is 11.0. The summed E-state index contributed by atoms with van der Waals surface area (Å²) >= 11 is 0. The van der Waals surface area contributed by atoms with Gasteiger partial charge in [-0.2, -0.15) is 0 Å². The lowest BCUT2D eigenvalue weighted by molar-refractivity contribution is -0.125. The fourth-order valence-electron chi connectivity index (χ4n) is 2.13. The second kappa shape index (κ2) is 8.31. The van der Waals surface area contributed by atoms with Crippen molar-refractivity contribution in [3.63, 3.8) is 0 Å². The predicted octanol–water partition coefficient (Wildman–Crippen LogP) is 0.178. The van der Waals surface area contributed by atoms with E-state index in [4.69, 9.17) is 5.73 Å². The van der Waals surface area contributed by atoms with Gasteiger partial charge in [0, 0.05) is 6.04 Å². The average molecular weight is 264 g/mol. The fraction of sp³-hybridized carbons (Fsp3) is 0.818. The highest BCUT2D eigenvalue weighted by Gasteiger charge is 2.22. The number of hydrogen-bond acceptors (Lipinski definition) is 3. The lowest BCUT2D eigenvalue weighted by Crippen LogP contribution is -2.44. The van der Waals surface area contributed by atoms with Crippen LogP contribution in [-0.2, 0) is 9.59 Å². The van der Waals surface area contributed by atoms with E-state index < -0.39 is 0 Å². The van der Waals surface area contributed by atoms with Gasteiger partial charge in [0.2, 0.25) is 11.8 Å². The maximum absolute atomic E-state index is 11.5. The van der Waals surface area contributed by atoms with E-state index in [9.17, 15) is 9.59 Å². The summed E-state index contributed by atoms with van der Waals surface area (Å²) in [4.78, 5) is 22.3. The molecule has 0 saturated heterocycles. The topological polar surface area (TPSA) is 84.2 Å². The maximum Gasteiger partial charge on any atom is 0.239 e. The Morgan fingerprint density at radius 1 is 1.29 bits per heavy atom. The van der Waals surface area contributed by atoms with Gasteiger partial charge >= 0.3 is 0 Å². The van der Waals surface area contributed by atoms with Crippen molar-refractivity contribution in [3.8, 4) is 0 Å². The van der Waals surface area contributed by atoms with Gasteiger partial charge in [-0.15, -0.1) is 12.4 Å². The van der Waals surface area contributed by atoms with Crippen molar-refractivity contribution >= 4 is 24.2 Å². The SMILES string of the molecule is CC(NC(=O)CNC(=O)CN)C1CCCC1.Cl. The van der Waals surface area contributed by atoms with E-state index in [2.05, 4.69) is 10.6 Å². The molecule has 6 heteroatoms. The summed E-state index contributed by atoms with van der Waals surface area (Å²) < 4.78 is 0. The monoisotopic (exact) mass is 263 g/mol. The summed E-state index contributed by atoms with van der Waals surface area (Å²) in [5, 5.41) is 5.36. The molecule has 1 aliphatic rings. The van der Waals surface area contributed by atoms with Crippen LogP contribution in [0.25, 0.3) is 0 Å². The Labute approximate surface area is 108 Å². The lowest BCUT2D eigenvalue weighted by Gasteiger charge is -2.20. The van der Waals surface area contributed by atoms with E-state index in [1.165, 1.54) is 25.7 Å². The zero-order chi connectivity index (χ0) is 12.0. The Morgan fingerprint density at radius 2 is 1.88 bits per heavy atom. The van der Waals surface area contributed by atoms with Crippen molar-refractivity contribution in [1.29, 1.82) is 0 Å². The summed E-state index contributed by atoms with van der Waals surface area (Å²) in [5.41, 5.74) is 5.12. The van der Waals surface area contributed by atoms with E-state index in [0.29, 0.717) is 5.92 Å². The molecule has 1 rings (SSSR count). The van der Waals surface area contributed by atoms with Gasteiger partial charge < -0.3 is 16.4 Å². The third kappa shape index (κ3) is 5.89. The Kier molecular flexibility index (Phi) is 7.91. The van der Waals surface area contributed by atoms with Gasteiger partial charge in [0.25, 0.3) is 0 Å². The molecule has 1 aliphatic carbocycles. The molecule has 1 atom stereocenters. The number of nitrogens with two attached hydrogens (primary N) is 1. The van der Waals surface area contributed by atoms with Crippen molar-refractivity contribution in [2.24, 2.45) is 11.7 Å². The van der Waals surface area contributed by atoms with Gasteiger partial charge in [0.05, 0.1) is 13.1 Å². The quantitative estimate of drug-likeness (QED) is 0.662. The molecule has 0 aromatic carbocycles. The fourth-order valence-corrected chi connectivity index (χ4v) is 2.13. The molecule has 0 aromatic rings. The van der Waals surface area contributed by atoms with Crippen LogP contribution in [0.2, 0.25) is 0 Å². The highest BCUT2D eigenvalue weighted by atomic mass is 35.5. The van der Waals surface area contributed by atoms with Crippen LogP contribution in [0.15, 0.2) is 0 Å². The Balaban J connectivity index is 0.00000256. The van der Waals surface area contributed by atoms with Crippen molar-refractivity contribution in [1.82, 2.24) is 10.6 Å². The minimum Gasteiger partial charge on any atom is -0.352 e. The maximum atomic E-state index is 11.5. The van der Waals surface area contributed by atoms with E-state index >= 15 is 0 Å². The van der Waals surface area contributed by atoms with Crippen molar-refractivity contribution in [3.05, 3.63) is 0 Å². The minimum absolute atomic E-state index is 0. The normalized spacial score (nSPS) is 17.1. The third-order valence-electron chi connectivity index (χ3n) is 3.13. The van der Waals surface area contributed by atoms with E-state index in [1.807, 2.05) is 6.92 Å². The molecule has 0 aliphatic heterocycles. The van der Waals surface area contributed by atoms with Gasteiger partial charge in [-0.3, -0.25) is 9.59 Å². The van der Waals surface area contributed by atoms with Crippen LogP contribution in [0.5, 0.6) is 0 Å². The van der Waals surface area contributed by atoms with Gasteiger partial charge in [-0.1, -0.05) is 12.8 Å². The van der Waals surface area contributed by atoms with Crippen LogP contribution < -0.4 is 16.4 Å². The smallest absolute Gasteiger partial charge is 0.239 e. The van der Waals surface area contributed by atoms with Gasteiger partial charge in [-0.25, -0.2) is 0 Å². The van der Waals surface area contributed by atoms with E-state index in [1.54, 1.807) is 0 Å². The van der Waals surface area contributed by atoms with Crippen LogP contribution in [0, 0.1) is 5.92 Å². The van der Waals surface area contributed by atoms with Crippen molar-refractivity contribution in [2.75, 3.05) is 13.1 Å². The number of amides is 2. The first-order chi connectivity index (χ1) is 7.63. The second-order valence-electron chi connectivity index (χ2n) is 4.38. The molecule has 0 bridgehead atoms. The Hall–Kier alpha value is -0.810. The van der Waals surface area contributed by atoms with Gasteiger partial charge in [-0.05, 0) is 25.7 Å². The molecular weight excluding hydrogens is 242 g/mol. The first-order valence-corrected chi connectivity index (χ1v) is 5.89. The molecule has 0 radical (unpaired) electrons. The summed E-state index contributed by atoms with van der Waals surface area (Å²) in [5.74, 6) is 0.152. The van der Waals surface area contributed by atoms with Crippen LogP contribution in [0.4, 0.5) is 0 Å². The number of hydrogen-bond donors (Lipinski definition) is 3. The molecule has 17 heavy (non-hydrogen) atoms. The van der Waals surface area contributed by atoms with Crippen LogP contribution in [0.3, 0.4) is 0 Å². The zero-order valence-electron chi connectivity index (χ0n) is 10.2. The summed E-state index contributed by atoms with van der Waals surface area (Å²) in [6.45, 7) is 1.97. The standard InChI is InChI=1S/C11H21N3O2.ClH/c1-8(9-4-2-3-5-9)14-11(16)7-13-10(15)6-12;/h8-9H,2-7,12H2,1H3,(H,13,15)(H,14,16);1H. The Morgan fingerprint density at radius 3 is 2.41 bits per heavy atom. The number of rotatable bonds is 5. The number of carbonyl (C=O) groups is 2. The summed E-state index contributed by atoms with van der Waals surface area (Å²) in [7, 11) is 0. The molecule has 4 N–H and O–H groups in total. The molecule has 100 valence electrons. The Bertz CT molecular complexity index is 255. The third-order valence-corrected chi connectivity index (χ3v) is 3.13. The largest absolute Gasteiger partial charge is 0.352 e. The highest BCUT2D eigenvalue weighted by Crippen LogP contribution is 2.27. The molecule has 1 saturated carbocycles. The second-order valence-corrected chi connectivity index (χ2v) is 4.38. The first-order valence-electron chi connectivity index (χ1n) is 5.89. The molecule has 0 heterocycles. The highest BCUT2D eigenvalue weighted by molar-refractivity contribution is 5.85. The molecule has 5 nitrogen and oxygen atoms in total. The number of nitrogens with one attached hydrogen (secondary N) is 2. The molecule has 1 fully saturated rings. The van der Waals surface area contributed by atoms with E-state index in [0.717, 1.165) is 0 Å². The van der Waals surface area contributed by atoms with Crippen LogP contribution in [-0.4, -0.2) is 30.9 Å². The number of halogens is 1. The molecular formula is C11H22ClN3O2. The lowest BCUT2D eigenvalue weighted by atomic mass is 10.00. The van der Waals surface area contributed by atoms with Crippen LogP contribution >= 0.6 is 12.4 Å². The van der Waals surface area contributed by atoms with Crippen molar-refractivity contribution < 1.29 is 9.59 Å². The van der Waals surface area contributed by atoms with Crippen LogP contribution in [0.1, 0.15) is 32.6 Å². The first kappa shape index (κ1) is 16.2. The molecule has 2 amide bonds.